The molecule has 0 bridgehead atoms. The van der Waals surface area contributed by atoms with Crippen molar-refractivity contribution < 1.29 is 0 Å². The van der Waals surface area contributed by atoms with E-state index in [0.717, 1.165) is 49.9 Å². The highest BCUT2D eigenvalue weighted by molar-refractivity contribution is 14.0. The van der Waals surface area contributed by atoms with Crippen molar-refractivity contribution in [1.29, 1.82) is 0 Å². The fraction of sp³-hybridized carbons (Fsp3) is 0.696. The zero-order valence-electron chi connectivity index (χ0n) is 17.5. The largest absolute Gasteiger partial charge is 0.356 e. The van der Waals surface area contributed by atoms with Gasteiger partial charge < -0.3 is 10.6 Å². The van der Waals surface area contributed by atoms with E-state index in [0.29, 0.717) is 6.04 Å². The van der Waals surface area contributed by atoms with E-state index in [-0.39, 0.29) is 24.0 Å². The minimum Gasteiger partial charge on any atom is -0.356 e. The molecule has 1 aromatic rings. The topological polar surface area (TPSA) is 39.7 Å². The van der Waals surface area contributed by atoms with Crippen LogP contribution in [0.4, 0.5) is 0 Å². The van der Waals surface area contributed by atoms with Gasteiger partial charge >= 0.3 is 0 Å². The van der Waals surface area contributed by atoms with Gasteiger partial charge in [0.1, 0.15) is 0 Å². The number of aliphatic imine (C=N–C) groups is 1. The zero-order valence-corrected chi connectivity index (χ0v) is 19.8. The van der Waals surface area contributed by atoms with Crippen molar-refractivity contribution in [2.45, 2.75) is 58.0 Å². The summed E-state index contributed by atoms with van der Waals surface area (Å²) in [6.07, 6.45) is 8.20. The molecule has 156 valence electrons. The van der Waals surface area contributed by atoms with Crippen molar-refractivity contribution >= 4 is 29.9 Å². The molecule has 2 aliphatic carbocycles. The van der Waals surface area contributed by atoms with Gasteiger partial charge in [0.05, 0.1) is 0 Å². The predicted octanol–water partition coefficient (Wildman–Crippen LogP) is 4.18. The Balaban J connectivity index is 0.00000225. The van der Waals surface area contributed by atoms with Crippen molar-refractivity contribution in [3.63, 3.8) is 0 Å². The minimum atomic E-state index is 0. The molecule has 0 radical (unpaired) electrons. The lowest BCUT2D eigenvalue weighted by Gasteiger charge is -2.33. The summed E-state index contributed by atoms with van der Waals surface area (Å²) >= 11 is 0. The number of rotatable bonds is 7. The molecule has 1 aromatic carbocycles. The van der Waals surface area contributed by atoms with E-state index in [9.17, 15) is 0 Å². The molecule has 28 heavy (non-hydrogen) atoms. The van der Waals surface area contributed by atoms with Crippen LogP contribution in [0.15, 0.2) is 29.3 Å². The summed E-state index contributed by atoms with van der Waals surface area (Å²) in [5.74, 6) is 3.89. The number of piperidine rings is 1. The lowest BCUT2D eigenvalue weighted by molar-refractivity contribution is 0.198. The van der Waals surface area contributed by atoms with Gasteiger partial charge in [0.25, 0.3) is 0 Å². The number of aryl methyl sites for hydroxylation is 1. The van der Waals surface area contributed by atoms with Crippen molar-refractivity contribution in [3.05, 3.63) is 35.4 Å². The molecular weight excluding hydrogens is 459 g/mol. The zero-order chi connectivity index (χ0) is 18.6. The quantitative estimate of drug-likeness (QED) is 0.338. The third kappa shape index (κ3) is 6.34. The fourth-order valence-electron chi connectivity index (χ4n) is 4.67. The van der Waals surface area contributed by atoms with E-state index >= 15 is 0 Å². The first-order valence-electron chi connectivity index (χ1n) is 11.0. The van der Waals surface area contributed by atoms with Crippen LogP contribution in [0, 0.1) is 24.7 Å². The van der Waals surface area contributed by atoms with Crippen LogP contribution >= 0.6 is 24.0 Å². The lowest BCUT2D eigenvalue weighted by Crippen LogP contribution is -2.49. The second kappa shape index (κ2) is 10.3. The number of hydrogen-bond donors (Lipinski definition) is 2. The van der Waals surface area contributed by atoms with Crippen LogP contribution in [0.5, 0.6) is 0 Å². The summed E-state index contributed by atoms with van der Waals surface area (Å²) in [5, 5.41) is 7.33. The molecule has 4 nitrogen and oxygen atoms in total. The minimum absolute atomic E-state index is 0. The van der Waals surface area contributed by atoms with Gasteiger partial charge in [-0.3, -0.25) is 9.89 Å². The molecule has 5 heteroatoms. The third-order valence-corrected chi connectivity index (χ3v) is 6.60. The van der Waals surface area contributed by atoms with Crippen LogP contribution in [0.1, 0.15) is 49.7 Å². The Morgan fingerprint density at radius 1 is 1.11 bits per heavy atom. The summed E-state index contributed by atoms with van der Waals surface area (Å²) < 4.78 is 0. The van der Waals surface area contributed by atoms with Crippen molar-refractivity contribution in [2.75, 3.05) is 26.7 Å². The number of nitrogens with one attached hydrogen (secondary N) is 2. The molecule has 3 aliphatic rings. The Hall–Kier alpha value is -0.820. The molecule has 0 atom stereocenters. The van der Waals surface area contributed by atoms with Crippen LogP contribution in [-0.4, -0.2) is 43.6 Å². The van der Waals surface area contributed by atoms with Crippen LogP contribution in [0.3, 0.4) is 0 Å². The number of likely N-dealkylation sites (tertiary alicyclic amines) is 1. The molecule has 2 saturated carbocycles. The van der Waals surface area contributed by atoms with Gasteiger partial charge in [-0.1, -0.05) is 29.8 Å². The second-order valence-electron chi connectivity index (χ2n) is 8.98. The molecule has 3 fully saturated rings. The smallest absolute Gasteiger partial charge is 0.191 e. The van der Waals surface area contributed by atoms with E-state index in [1.165, 1.54) is 49.7 Å². The molecule has 0 unspecified atom stereocenters. The van der Waals surface area contributed by atoms with Crippen molar-refractivity contribution in [1.82, 2.24) is 15.5 Å². The summed E-state index contributed by atoms with van der Waals surface area (Å²) in [6, 6.07) is 9.46. The van der Waals surface area contributed by atoms with E-state index in [1.54, 1.807) is 0 Å². The molecule has 1 heterocycles. The van der Waals surface area contributed by atoms with Crippen LogP contribution in [0.2, 0.25) is 0 Å². The summed E-state index contributed by atoms with van der Waals surface area (Å²) in [4.78, 5) is 7.07. The molecule has 2 N–H and O–H groups in total. The average Bonchev–Trinajstić information content (AvgIpc) is 3.56. The van der Waals surface area contributed by atoms with Gasteiger partial charge in [-0.25, -0.2) is 0 Å². The Morgan fingerprint density at radius 2 is 1.79 bits per heavy atom. The summed E-state index contributed by atoms with van der Waals surface area (Å²) in [7, 11) is 1.91. The molecule has 0 aromatic heterocycles. The molecule has 0 amide bonds. The Labute approximate surface area is 188 Å². The Kier molecular flexibility index (Phi) is 8.03. The SMILES string of the molecule is CN=C(NCC(C1CC1)C1CC1)NC1CCN(Cc2cccc(C)c2)CC1.I. The van der Waals surface area contributed by atoms with Gasteiger partial charge in [0, 0.05) is 39.3 Å². The van der Waals surface area contributed by atoms with Gasteiger partial charge in [-0.2, -0.15) is 0 Å². The third-order valence-electron chi connectivity index (χ3n) is 6.60. The van der Waals surface area contributed by atoms with Crippen LogP contribution in [0.25, 0.3) is 0 Å². The summed E-state index contributed by atoms with van der Waals surface area (Å²) in [6.45, 7) is 6.69. The maximum Gasteiger partial charge on any atom is 0.191 e. The van der Waals surface area contributed by atoms with Gasteiger partial charge in [-0.15, -0.1) is 24.0 Å². The van der Waals surface area contributed by atoms with E-state index in [1.807, 2.05) is 7.05 Å². The molecule has 1 saturated heterocycles. The maximum absolute atomic E-state index is 4.49. The molecule has 0 spiro atoms. The van der Waals surface area contributed by atoms with Crippen molar-refractivity contribution in [2.24, 2.45) is 22.7 Å². The monoisotopic (exact) mass is 496 g/mol. The van der Waals surface area contributed by atoms with Crippen LogP contribution < -0.4 is 10.6 Å². The molecule has 1 aliphatic heterocycles. The number of benzene rings is 1. The number of hydrogen-bond acceptors (Lipinski definition) is 2. The fourth-order valence-corrected chi connectivity index (χ4v) is 4.67. The average molecular weight is 496 g/mol. The van der Waals surface area contributed by atoms with Crippen molar-refractivity contribution in [3.8, 4) is 0 Å². The first-order valence-corrected chi connectivity index (χ1v) is 11.0. The first kappa shape index (κ1) is 21.9. The normalized spacial score (nSPS) is 21.5. The molecule has 4 rings (SSSR count). The predicted molar refractivity (Wildman–Crippen MR) is 128 cm³/mol. The lowest BCUT2D eigenvalue weighted by atomic mass is 9.98. The molecular formula is C23H37IN4. The highest BCUT2D eigenvalue weighted by atomic mass is 127. The second-order valence-corrected chi connectivity index (χ2v) is 8.98. The Bertz CT molecular complexity index is 634. The number of guanidine groups is 1. The van der Waals surface area contributed by atoms with E-state index in [2.05, 4.69) is 51.7 Å². The van der Waals surface area contributed by atoms with E-state index < -0.39 is 0 Å². The van der Waals surface area contributed by atoms with Gasteiger partial charge in [0.2, 0.25) is 0 Å². The maximum atomic E-state index is 4.49. The van der Waals surface area contributed by atoms with Gasteiger partial charge in [-0.05, 0) is 68.8 Å². The highest BCUT2D eigenvalue weighted by Gasteiger charge is 2.41. The standard InChI is InChI=1S/C23H36N4.HI/c1-17-4-3-5-18(14-17)16-27-12-10-21(11-13-27)26-23(24-2)25-15-22(19-6-7-19)20-8-9-20;/h3-5,14,19-22H,6-13,15-16H2,1-2H3,(H2,24,25,26);1H. The Morgan fingerprint density at radius 3 is 2.36 bits per heavy atom. The number of nitrogens with zero attached hydrogens (tertiary/aromatic N) is 2. The van der Waals surface area contributed by atoms with Crippen LogP contribution in [-0.2, 0) is 6.54 Å². The number of halogens is 1. The first-order chi connectivity index (χ1) is 13.2. The van der Waals surface area contributed by atoms with E-state index in [4.69, 9.17) is 0 Å². The highest BCUT2D eigenvalue weighted by Crippen LogP contribution is 2.48. The van der Waals surface area contributed by atoms with Gasteiger partial charge in [0.15, 0.2) is 5.96 Å². The summed E-state index contributed by atoms with van der Waals surface area (Å²) in [5.41, 5.74) is 2.79.